The number of hydrogen-bond acceptors (Lipinski definition) is 5. The number of urea groups is 1. The zero-order valence-corrected chi connectivity index (χ0v) is 15.3. The molecule has 0 aromatic carbocycles. The van der Waals surface area contributed by atoms with Crippen LogP contribution in [-0.2, 0) is 10.0 Å². The van der Waals surface area contributed by atoms with Gasteiger partial charge in [-0.25, -0.2) is 18.2 Å². The van der Waals surface area contributed by atoms with E-state index >= 15 is 0 Å². The van der Waals surface area contributed by atoms with Crippen LogP contribution in [-0.4, -0.2) is 73.7 Å². The van der Waals surface area contributed by atoms with Gasteiger partial charge >= 0.3 is 6.03 Å². The van der Waals surface area contributed by atoms with Gasteiger partial charge in [-0.05, 0) is 31.9 Å². The molecule has 3 rings (SSSR count). The Morgan fingerprint density at radius 2 is 1.84 bits per heavy atom. The fourth-order valence-electron chi connectivity index (χ4n) is 3.22. The summed E-state index contributed by atoms with van der Waals surface area (Å²) in [4.78, 5) is 20.8. The second-order valence-electron chi connectivity index (χ2n) is 6.29. The van der Waals surface area contributed by atoms with E-state index in [2.05, 4.69) is 15.2 Å². The van der Waals surface area contributed by atoms with E-state index < -0.39 is 10.0 Å². The van der Waals surface area contributed by atoms with Gasteiger partial charge in [0.25, 0.3) is 0 Å². The molecule has 1 aromatic heterocycles. The van der Waals surface area contributed by atoms with Crippen LogP contribution in [0.1, 0.15) is 19.8 Å². The fraction of sp³-hybridized carbons (Fsp3) is 0.625. The Bertz CT molecular complexity index is 710. The highest BCUT2D eigenvalue weighted by Gasteiger charge is 2.28. The first-order valence-corrected chi connectivity index (χ1v) is 10.4. The van der Waals surface area contributed by atoms with Gasteiger partial charge in [0.05, 0.1) is 11.4 Å². The Kier molecular flexibility index (Phi) is 5.43. The Hall–Kier alpha value is -1.87. The van der Waals surface area contributed by atoms with Crippen molar-refractivity contribution in [1.82, 2.24) is 14.2 Å². The summed E-state index contributed by atoms with van der Waals surface area (Å²) in [6.45, 7) is 5.01. The molecule has 0 unspecified atom stereocenters. The minimum Gasteiger partial charge on any atom is -0.355 e. The molecule has 25 heavy (non-hydrogen) atoms. The van der Waals surface area contributed by atoms with E-state index in [0.717, 1.165) is 31.7 Å². The largest absolute Gasteiger partial charge is 0.355 e. The highest BCUT2D eigenvalue weighted by Crippen LogP contribution is 2.26. The summed E-state index contributed by atoms with van der Waals surface area (Å²) in [5, 5.41) is 2.94. The number of anilines is 2. The van der Waals surface area contributed by atoms with Crippen LogP contribution in [0, 0.1) is 0 Å². The van der Waals surface area contributed by atoms with Crippen molar-refractivity contribution in [2.24, 2.45) is 0 Å². The zero-order valence-electron chi connectivity index (χ0n) is 14.5. The molecule has 9 heteroatoms. The molecule has 138 valence electrons. The molecule has 0 radical (unpaired) electrons. The van der Waals surface area contributed by atoms with Crippen molar-refractivity contribution in [3.8, 4) is 0 Å². The average molecular weight is 367 g/mol. The first-order valence-electron chi connectivity index (χ1n) is 8.75. The molecule has 3 heterocycles. The molecule has 2 aliphatic rings. The number of sulfonamides is 1. The molecule has 1 aromatic rings. The predicted molar refractivity (Wildman–Crippen MR) is 97.3 cm³/mol. The van der Waals surface area contributed by atoms with Gasteiger partial charge in [0.1, 0.15) is 0 Å². The lowest BCUT2D eigenvalue weighted by Gasteiger charge is -2.34. The van der Waals surface area contributed by atoms with Gasteiger partial charge in [-0.1, -0.05) is 0 Å². The van der Waals surface area contributed by atoms with Crippen molar-refractivity contribution in [3.63, 3.8) is 0 Å². The second kappa shape index (κ2) is 7.57. The summed E-state index contributed by atoms with van der Waals surface area (Å²) in [6, 6.07) is 3.46. The molecule has 1 N–H and O–H groups in total. The monoisotopic (exact) mass is 367 g/mol. The number of pyridine rings is 1. The van der Waals surface area contributed by atoms with Gasteiger partial charge in [-0.3, -0.25) is 0 Å². The summed E-state index contributed by atoms with van der Waals surface area (Å²) < 4.78 is 25.3. The molecule has 0 spiro atoms. The lowest BCUT2D eigenvalue weighted by atomic mass is 10.3. The quantitative estimate of drug-likeness (QED) is 0.864. The molecule has 2 saturated heterocycles. The van der Waals surface area contributed by atoms with Gasteiger partial charge in [0, 0.05) is 45.5 Å². The number of nitrogens with zero attached hydrogens (tertiary/aromatic N) is 4. The minimum absolute atomic E-state index is 0.0913. The lowest BCUT2D eigenvalue weighted by Crippen LogP contribution is -2.52. The fourth-order valence-corrected chi connectivity index (χ4v) is 4.31. The number of amides is 2. The molecular weight excluding hydrogens is 342 g/mol. The number of carbonyl (C=O) groups excluding carboxylic acids is 1. The Morgan fingerprint density at radius 3 is 2.48 bits per heavy atom. The van der Waals surface area contributed by atoms with Crippen LogP contribution in [0.25, 0.3) is 0 Å². The van der Waals surface area contributed by atoms with Crippen molar-refractivity contribution in [2.45, 2.75) is 19.8 Å². The number of aromatic nitrogens is 1. The minimum atomic E-state index is -3.19. The van der Waals surface area contributed by atoms with Gasteiger partial charge in [0.2, 0.25) is 10.0 Å². The predicted octanol–water partition coefficient (Wildman–Crippen LogP) is 1.18. The maximum atomic E-state index is 12.6. The number of nitrogens with one attached hydrogen (secondary N) is 1. The third-order valence-corrected chi connectivity index (χ3v) is 6.60. The number of hydrogen-bond donors (Lipinski definition) is 1. The van der Waals surface area contributed by atoms with Gasteiger partial charge < -0.3 is 15.1 Å². The van der Waals surface area contributed by atoms with Crippen LogP contribution in [0.15, 0.2) is 18.3 Å². The second-order valence-corrected chi connectivity index (χ2v) is 8.54. The first kappa shape index (κ1) is 17.9. The Morgan fingerprint density at radius 1 is 1.16 bits per heavy atom. The number of carbonyl (C=O) groups is 1. The van der Waals surface area contributed by atoms with Gasteiger partial charge in [-0.15, -0.1) is 0 Å². The van der Waals surface area contributed by atoms with E-state index in [1.54, 1.807) is 24.1 Å². The Balaban J connectivity index is 1.62. The van der Waals surface area contributed by atoms with E-state index in [0.29, 0.717) is 31.9 Å². The van der Waals surface area contributed by atoms with Gasteiger partial charge in [0.15, 0.2) is 5.82 Å². The number of piperazine rings is 1. The molecule has 8 nitrogen and oxygen atoms in total. The average Bonchev–Trinajstić information content (AvgIpc) is 3.17. The van der Waals surface area contributed by atoms with Crippen molar-refractivity contribution >= 4 is 27.6 Å². The zero-order chi connectivity index (χ0) is 17.9. The third kappa shape index (κ3) is 4.04. The summed E-state index contributed by atoms with van der Waals surface area (Å²) in [5.41, 5.74) is 0.706. The van der Waals surface area contributed by atoms with E-state index in [-0.39, 0.29) is 11.8 Å². The topological polar surface area (TPSA) is 85.8 Å². The molecule has 0 saturated carbocycles. The standard InChI is InChI=1S/C16H25N5O3S/c1-2-25(23,24)21-12-10-20(11-13-21)16(22)18-14-6-5-7-17-15(14)19-8-3-4-9-19/h5-7H,2-4,8-13H2,1H3,(H,18,22). The number of rotatable bonds is 4. The highest BCUT2D eigenvalue weighted by atomic mass is 32.2. The smallest absolute Gasteiger partial charge is 0.322 e. The highest BCUT2D eigenvalue weighted by molar-refractivity contribution is 7.89. The molecule has 2 amide bonds. The van der Waals surface area contributed by atoms with Crippen LogP contribution in [0.3, 0.4) is 0 Å². The van der Waals surface area contributed by atoms with Crippen LogP contribution >= 0.6 is 0 Å². The molecule has 2 aliphatic heterocycles. The summed E-state index contributed by atoms with van der Waals surface area (Å²) in [7, 11) is -3.19. The normalized spacial score (nSPS) is 19.2. The Labute approximate surface area is 148 Å². The van der Waals surface area contributed by atoms with Crippen molar-refractivity contribution < 1.29 is 13.2 Å². The van der Waals surface area contributed by atoms with Crippen LogP contribution < -0.4 is 10.2 Å². The van der Waals surface area contributed by atoms with E-state index in [1.165, 1.54) is 4.31 Å². The summed E-state index contributed by atoms with van der Waals surface area (Å²) >= 11 is 0. The third-order valence-electron chi connectivity index (χ3n) is 4.72. The van der Waals surface area contributed by atoms with E-state index in [9.17, 15) is 13.2 Å². The SMILES string of the molecule is CCS(=O)(=O)N1CCN(C(=O)Nc2cccnc2N2CCCC2)CC1. The van der Waals surface area contributed by atoms with Crippen molar-refractivity contribution in [2.75, 3.05) is 55.2 Å². The summed E-state index contributed by atoms with van der Waals surface area (Å²) in [6.07, 6.45) is 4.01. The molecule has 0 aliphatic carbocycles. The van der Waals surface area contributed by atoms with Crippen molar-refractivity contribution in [1.29, 1.82) is 0 Å². The lowest BCUT2D eigenvalue weighted by molar-refractivity contribution is 0.184. The van der Waals surface area contributed by atoms with Crippen LogP contribution in [0.5, 0.6) is 0 Å². The maximum absolute atomic E-state index is 12.6. The summed E-state index contributed by atoms with van der Waals surface area (Å²) in [5.74, 6) is 0.897. The van der Waals surface area contributed by atoms with E-state index in [4.69, 9.17) is 0 Å². The molecular formula is C16H25N5O3S. The van der Waals surface area contributed by atoms with Crippen molar-refractivity contribution in [3.05, 3.63) is 18.3 Å². The molecule has 0 bridgehead atoms. The van der Waals surface area contributed by atoms with Crippen LogP contribution in [0.4, 0.5) is 16.3 Å². The first-order chi connectivity index (χ1) is 12.0. The van der Waals surface area contributed by atoms with Crippen LogP contribution in [0.2, 0.25) is 0 Å². The molecule has 0 atom stereocenters. The van der Waals surface area contributed by atoms with E-state index in [1.807, 2.05) is 6.07 Å². The van der Waals surface area contributed by atoms with Gasteiger partial charge in [-0.2, -0.15) is 4.31 Å². The molecule has 2 fully saturated rings. The maximum Gasteiger partial charge on any atom is 0.322 e.